The molecule has 4 rings (SSSR count). The summed E-state index contributed by atoms with van der Waals surface area (Å²) in [7, 11) is 0. The fraction of sp³-hybridized carbons (Fsp3) is 0.211. The molecule has 1 N–H and O–H groups in total. The number of hydrogen-bond donors (Lipinski definition) is 1. The third-order valence-corrected chi connectivity index (χ3v) is 5.39. The molecular weight excluding hydrogens is 326 g/mol. The maximum Gasteiger partial charge on any atom is 0.248 e. The minimum Gasteiger partial charge on any atom is -0.504 e. The number of amides is 1. The molecule has 1 amide bonds. The van der Waals surface area contributed by atoms with Gasteiger partial charge in [-0.15, -0.1) is 11.6 Å². The summed E-state index contributed by atoms with van der Waals surface area (Å²) in [5, 5.41) is 10.4. The van der Waals surface area contributed by atoms with Gasteiger partial charge in [-0.05, 0) is 37.6 Å². The van der Waals surface area contributed by atoms with E-state index < -0.39 is 10.9 Å². The van der Waals surface area contributed by atoms with Crippen molar-refractivity contribution in [3.05, 3.63) is 59.9 Å². The second-order valence-electron chi connectivity index (χ2n) is 6.25. The van der Waals surface area contributed by atoms with Gasteiger partial charge in [-0.25, -0.2) is 0 Å². The van der Waals surface area contributed by atoms with Crippen LogP contribution in [0.15, 0.2) is 52.9 Å². The molecule has 24 heavy (non-hydrogen) atoms. The first-order chi connectivity index (χ1) is 11.5. The number of carbonyl (C=O) groups is 1. The third-order valence-electron chi connectivity index (χ3n) is 4.78. The summed E-state index contributed by atoms with van der Waals surface area (Å²) in [5.74, 6) is 0.143. The number of β-lactam (4-membered cyclic amide) rings is 1. The standard InChI is InChI=1S/C19H16ClNO3/c1-11-7-3-5-9-13(11)21-18(23)16(20)19(21,2)17-15(22)12-8-4-6-10-14(12)24-17/h3-10,16,22H,1-2H3. The first-order valence-corrected chi connectivity index (χ1v) is 8.14. The summed E-state index contributed by atoms with van der Waals surface area (Å²) in [6.07, 6.45) is 0. The van der Waals surface area contributed by atoms with Crippen LogP contribution in [0.2, 0.25) is 0 Å². The lowest BCUT2D eigenvalue weighted by Gasteiger charge is -2.52. The molecule has 1 fully saturated rings. The Bertz CT molecular complexity index is 964. The van der Waals surface area contributed by atoms with Gasteiger partial charge in [-0.2, -0.15) is 0 Å². The fourth-order valence-electron chi connectivity index (χ4n) is 3.40. The zero-order valence-electron chi connectivity index (χ0n) is 13.3. The molecule has 0 spiro atoms. The monoisotopic (exact) mass is 341 g/mol. The minimum absolute atomic E-state index is 0.0323. The number of hydrogen-bond acceptors (Lipinski definition) is 3. The number of aryl methyl sites for hydroxylation is 1. The molecule has 4 nitrogen and oxygen atoms in total. The number of nitrogens with zero attached hydrogens (tertiary/aromatic N) is 1. The first-order valence-electron chi connectivity index (χ1n) is 7.71. The Labute approximate surface area is 144 Å². The predicted octanol–water partition coefficient (Wildman–Crippen LogP) is 4.32. The van der Waals surface area contributed by atoms with E-state index in [1.807, 2.05) is 50.2 Å². The van der Waals surface area contributed by atoms with E-state index in [4.69, 9.17) is 16.0 Å². The van der Waals surface area contributed by atoms with Gasteiger partial charge in [0.15, 0.2) is 11.5 Å². The Morgan fingerprint density at radius 3 is 2.54 bits per heavy atom. The molecule has 0 bridgehead atoms. The highest BCUT2D eigenvalue weighted by atomic mass is 35.5. The van der Waals surface area contributed by atoms with Crippen LogP contribution in [0, 0.1) is 6.92 Å². The summed E-state index contributed by atoms with van der Waals surface area (Å²) in [5.41, 5.74) is 1.34. The molecule has 122 valence electrons. The van der Waals surface area contributed by atoms with Crippen LogP contribution in [0.4, 0.5) is 5.69 Å². The number of para-hydroxylation sites is 2. The molecule has 2 atom stereocenters. The average molecular weight is 342 g/mol. The van der Waals surface area contributed by atoms with Crippen molar-refractivity contribution < 1.29 is 14.3 Å². The summed E-state index contributed by atoms with van der Waals surface area (Å²) < 4.78 is 5.89. The smallest absolute Gasteiger partial charge is 0.248 e. The number of furan rings is 1. The summed E-state index contributed by atoms with van der Waals surface area (Å²) in [6.45, 7) is 3.75. The van der Waals surface area contributed by atoms with Crippen LogP contribution >= 0.6 is 11.6 Å². The van der Waals surface area contributed by atoms with Gasteiger partial charge >= 0.3 is 0 Å². The number of aromatic hydroxyl groups is 1. The number of alkyl halides is 1. The van der Waals surface area contributed by atoms with Crippen molar-refractivity contribution in [2.24, 2.45) is 0 Å². The van der Waals surface area contributed by atoms with Crippen molar-refractivity contribution in [3.63, 3.8) is 0 Å². The first kappa shape index (κ1) is 15.1. The van der Waals surface area contributed by atoms with Gasteiger partial charge in [0.05, 0.1) is 5.39 Å². The second kappa shape index (κ2) is 5.02. The summed E-state index contributed by atoms with van der Waals surface area (Å²) >= 11 is 6.38. The van der Waals surface area contributed by atoms with Gasteiger partial charge in [-0.1, -0.05) is 30.3 Å². The molecule has 5 heteroatoms. The molecule has 1 aliphatic heterocycles. The topological polar surface area (TPSA) is 53.7 Å². The fourth-order valence-corrected chi connectivity index (χ4v) is 3.70. The molecule has 2 aromatic carbocycles. The van der Waals surface area contributed by atoms with E-state index in [2.05, 4.69) is 0 Å². The van der Waals surface area contributed by atoms with Crippen LogP contribution in [0.5, 0.6) is 5.75 Å². The van der Waals surface area contributed by atoms with Gasteiger partial charge in [0.1, 0.15) is 16.5 Å². The van der Waals surface area contributed by atoms with Crippen LogP contribution in [0.1, 0.15) is 18.2 Å². The van der Waals surface area contributed by atoms with Crippen LogP contribution < -0.4 is 4.90 Å². The number of rotatable bonds is 2. The Kier molecular flexibility index (Phi) is 3.15. The van der Waals surface area contributed by atoms with Gasteiger partial charge in [0.2, 0.25) is 5.91 Å². The maximum absolute atomic E-state index is 12.5. The quantitative estimate of drug-likeness (QED) is 0.558. The number of benzene rings is 2. The Morgan fingerprint density at radius 1 is 1.17 bits per heavy atom. The predicted molar refractivity (Wildman–Crippen MR) is 93.5 cm³/mol. The Hall–Kier alpha value is -2.46. The lowest BCUT2D eigenvalue weighted by molar-refractivity contribution is -0.127. The highest BCUT2D eigenvalue weighted by molar-refractivity contribution is 6.38. The third kappa shape index (κ3) is 1.77. The molecule has 3 aromatic rings. The van der Waals surface area contributed by atoms with Crippen LogP contribution in [-0.4, -0.2) is 16.4 Å². The van der Waals surface area contributed by atoms with E-state index in [1.54, 1.807) is 17.0 Å². The molecule has 1 saturated heterocycles. The highest BCUT2D eigenvalue weighted by Gasteiger charge is 2.61. The van der Waals surface area contributed by atoms with Crippen molar-refractivity contribution in [2.45, 2.75) is 24.8 Å². The molecular formula is C19H16ClNO3. The van der Waals surface area contributed by atoms with Crippen molar-refractivity contribution in [2.75, 3.05) is 4.90 Å². The van der Waals surface area contributed by atoms with E-state index in [9.17, 15) is 9.90 Å². The lowest BCUT2D eigenvalue weighted by atomic mass is 9.81. The van der Waals surface area contributed by atoms with Gasteiger partial charge in [0, 0.05) is 5.69 Å². The van der Waals surface area contributed by atoms with Crippen LogP contribution in [0.3, 0.4) is 0 Å². The number of fused-ring (bicyclic) bond motifs is 1. The SMILES string of the molecule is Cc1ccccc1N1C(=O)C(Cl)C1(C)c1oc2ccccc2c1O. The minimum atomic E-state index is -0.951. The van der Waals surface area contributed by atoms with Crippen LogP contribution in [-0.2, 0) is 10.3 Å². The van der Waals surface area contributed by atoms with Gasteiger partial charge in [0.25, 0.3) is 0 Å². The maximum atomic E-state index is 12.5. The molecule has 0 saturated carbocycles. The van der Waals surface area contributed by atoms with Crippen molar-refractivity contribution in [1.82, 2.24) is 0 Å². The Morgan fingerprint density at radius 2 is 1.83 bits per heavy atom. The molecule has 1 aromatic heterocycles. The number of halogens is 1. The largest absolute Gasteiger partial charge is 0.504 e. The van der Waals surface area contributed by atoms with Gasteiger partial charge in [-0.3, -0.25) is 9.69 Å². The van der Waals surface area contributed by atoms with E-state index in [-0.39, 0.29) is 11.7 Å². The molecule has 0 radical (unpaired) electrons. The zero-order valence-corrected chi connectivity index (χ0v) is 14.0. The normalized spacial score (nSPS) is 23.5. The van der Waals surface area contributed by atoms with Gasteiger partial charge < -0.3 is 9.52 Å². The molecule has 2 unspecified atom stereocenters. The summed E-state index contributed by atoms with van der Waals surface area (Å²) in [6, 6.07) is 14.8. The molecule has 1 aliphatic rings. The Balaban J connectivity index is 1.92. The lowest BCUT2D eigenvalue weighted by Crippen LogP contribution is -2.69. The van der Waals surface area contributed by atoms with Crippen molar-refractivity contribution in [3.8, 4) is 5.75 Å². The van der Waals surface area contributed by atoms with E-state index in [0.29, 0.717) is 16.7 Å². The number of carbonyl (C=O) groups excluding carboxylic acids is 1. The molecule has 0 aliphatic carbocycles. The van der Waals surface area contributed by atoms with E-state index >= 15 is 0 Å². The molecule has 2 heterocycles. The van der Waals surface area contributed by atoms with E-state index in [0.717, 1.165) is 11.3 Å². The van der Waals surface area contributed by atoms with E-state index in [1.165, 1.54) is 0 Å². The zero-order chi connectivity index (χ0) is 17.1. The number of anilines is 1. The van der Waals surface area contributed by atoms with Crippen LogP contribution in [0.25, 0.3) is 11.0 Å². The van der Waals surface area contributed by atoms with Crippen molar-refractivity contribution in [1.29, 1.82) is 0 Å². The average Bonchev–Trinajstić information content (AvgIpc) is 2.94. The highest BCUT2D eigenvalue weighted by Crippen LogP contribution is 2.52. The van der Waals surface area contributed by atoms with Crippen molar-refractivity contribution >= 4 is 34.2 Å². The summed E-state index contributed by atoms with van der Waals surface area (Å²) in [4.78, 5) is 14.1. The second-order valence-corrected chi connectivity index (χ2v) is 6.68.